The van der Waals surface area contributed by atoms with Gasteiger partial charge in [-0.05, 0) is 26.2 Å². The SMILES string of the molecule is CCC(C)NC(=NCC(=O)N(C)C)NC1CCN(C(C)=O)CC1.I. The summed E-state index contributed by atoms with van der Waals surface area (Å²) in [5.74, 6) is 0.782. The lowest BCUT2D eigenvalue weighted by atomic mass is 10.1. The third-order valence-electron chi connectivity index (χ3n) is 4.15. The van der Waals surface area contributed by atoms with Crippen LogP contribution in [-0.2, 0) is 9.59 Å². The molecule has 0 aromatic heterocycles. The Morgan fingerprint density at radius 2 is 1.88 bits per heavy atom. The van der Waals surface area contributed by atoms with Crippen molar-refractivity contribution in [1.29, 1.82) is 0 Å². The number of likely N-dealkylation sites (tertiary alicyclic amines) is 1. The molecule has 0 bridgehead atoms. The zero-order valence-corrected chi connectivity index (χ0v) is 17.8. The van der Waals surface area contributed by atoms with Crippen molar-refractivity contribution in [3.8, 4) is 0 Å². The molecule has 140 valence electrons. The Kier molecular flexibility index (Phi) is 11.0. The summed E-state index contributed by atoms with van der Waals surface area (Å²) in [4.78, 5) is 30.9. The maximum absolute atomic E-state index is 11.7. The van der Waals surface area contributed by atoms with E-state index >= 15 is 0 Å². The van der Waals surface area contributed by atoms with Gasteiger partial charge in [0, 0.05) is 46.2 Å². The molecular weight excluding hydrogens is 421 g/mol. The van der Waals surface area contributed by atoms with Crippen molar-refractivity contribution in [2.45, 2.75) is 52.1 Å². The van der Waals surface area contributed by atoms with Crippen LogP contribution in [0, 0.1) is 0 Å². The number of piperidine rings is 1. The van der Waals surface area contributed by atoms with Crippen molar-refractivity contribution >= 4 is 41.8 Å². The Bertz CT molecular complexity index is 434. The molecule has 0 spiro atoms. The van der Waals surface area contributed by atoms with E-state index in [-0.39, 0.29) is 54.4 Å². The van der Waals surface area contributed by atoms with Crippen LogP contribution in [-0.4, -0.2) is 73.4 Å². The quantitative estimate of drug-likeness (QED) is 0.371. The van der Waals surface area contributed by atoms with Crippen molar-refractivity contribution in [3.63, 3.8) is 0 Å². The van der Waals surface area contributed by atoms with Gasteiger partial charge in [-0.1, -0.05) is 6.92 Å². The fraction of sp³-hybridized carbons (Fsp3) is 0.812. The van der Waals surface area contributed by atoms with Gasteiger partial charge in [0.2, 0.25) is 11.8 Å². The highest BCUT2D eigenvalue weighted by Gasteiger charge is 2.21. The topological polar surface area (TPSA) is 77.0 Å². The van der Waals surface area contributed by atoms with Gasteiger partial charge in [0.25, 0.3) is 0 Å². The molecule has 0 aliphatic carbocycles. The van der Waals surface area contributed by atoms with Crippen LogP contribution in [0.15, 0.2) is 4.99 Å². The number of carbonyl (C=O) groups excluding carboxylic acids is 2. The van der Waals surface area contributed by atoms with Crippen LogP contribution >= 0.6 is 24.0 Å². The van der Waals surface area contributed by atoms with Crippen molar-refractivity contribution in [2.75, 3.05) is 33.7 Å². The third kappa shape index (κ3) is 8.16. The van der Waals surface area contributed by atoms with Crippen LogP contribution < -0.4 is 10.6 Å². The predicted molar refractivity (Wildman–Crippen MR) is 108 cm³/mol. The first kappa shape index (κ1) is 22.9. The smallest absolute Gasteiger partial charge is 0.243 e. The molecule has 1 saturated heterocycles. The normalized spacial score (nSPS) is 16.9. The second kappa shape index (κ2) is 11.5. The molecule has 2 amide bonds. The molecule has 1 heterocycles. The summed E-state index contributed by atoms with van der Waals surface area (Å²) in [6.07, 6.45) is 2.76. The highest BCUT2D eigenvalue weighted by Crippen LogP contribution is 2.10. The minimum absolute atomic E-state index is 0. The molecule has 1 fully saturated rings. The summed E-state index contributed by atoms with van der Waals surface area (Å²) in [6, 6.07) is 0.559. The van der Waals surface area contributed by atoms with Gasteiger partial charge in [-0.3, -0.25) is 9.59 Å². The van der Waals surface area contributed by atoms with Gasteiger partial charge < -0.3 is 20.4 Å². The summed E-state index contributed by atoms with van der Waals surface area (Å²) < 4.78 is 0. The first-order valence-corrected chi connectivity index (χ1v) is 8.36. The number of hydrogen-bond donors (Lipinski definition) is 2. The Morgan fingerprint density at radius 1 is 1.29 bits per heavy atom. The standard InChI is InChI=1S/C16H31N5O2.HI/c1-6-12(2)18-16(17-11-15(23)20(4)5)19-14-7-9-21(10-8-14)13(3)22;/h12,14H,6-11H2,1-5H3,(H2,17,18,19);1H. The maximum atomic E-state index is 11.7. The second-order valence-electron chi connectivity index (χ2n) is 6.33. The molecule has 1 atom stereocenters. The number of halogens is 1. The number of nitrogens with zero attached hydrogens (tertiary/aromatic N) is 3. The fourth-order valence-corrected chi connectivity index (χ4v) is 2.29. The first-order valence-electron chi connectivity index (χ1n) is 8.36. The Balaban J connectivity index is 0.00000529. The molecule has 0 radical (unpaired) electrons. The zero-order chi connectivity index (χ0) is 17.4. The molecule has 1 aliphatic rings. The number of carbonyl (C=O) groups is 2. The minimum atomic E-state index is -0.0262. The Morgan fingerprint density at radius 3 is 2.33 bits per heavy atom. The van der Waals surface area contributed by atoms with E-state index in [4.69, 9.17) is 0 Å². The van der Waals surface area contributed by atoms with E-state index in [9.17, 15) is 9.59 Å². The van der Waals surface area contributed by atoms with E-state index in [0.29, 0.717) is 5.96 Å². The molecule has 1 unspecified atom stereocenters. The zero-order valence-electron chi connectivity index (χ0n) is 15.5. The molecule has 1 rings (SSSR count). The van der Waals surface area contributed by atoms with Gasteiger partial charge in [0.15, 0.2) is 5.96 Å². The van der Waals surface area contributed by atoms with Crippen molar-refractivity contribution in [2.24, 2.45) is 4.99 Å². The van der Waals surface area contributed by atoms with Gasteiger partial charge in [-0.25, -0.2) is 4.99 Å². The lowest BCUT2D eigenvalue weighted by Gasteiger charge is -2.33. The number of nitrogens with one attached hydrogen (secondary N) is 2. The minimum Gasteiger partial charge on any atom is -0.354 e. The molecule has 24 heavy (non-hydrogen) atoms. The number of rotatable bonds is 5. The van der Waals surface area contributed by atoms with Crippen LogP contribution in [0.2, 0.25) is 0 Å². The third-order valence-corrected chi connectivity index (χ3v) is 4.15. The molecule has 8 heteroatoms. The van der Waals surface area contributed by atoms with Crippen LogP contribution in [0.3, 0.4) is 0 Å². The Hall–Kier alpha value is -1.06. The number of hydrogen-bond acceptors (Lipinski definition) is 3. The van der Waals surface area contributed by atoms with Crippen LogP contribution in [0.5, 0.6) is 0 Å². The number of amides is 2. The van der Waals surface area contributed by atoms with E-state index in [0.717, 1.165) is 32.4 Å². The van der Waals surface area contributed by atoms with E-state index in [1.54, 1.807) is 21.0 Å². The van der Waals surface area contributed by atoms with E-state index in [1.165, 1.54) is 4.90 Å². The Labute approximate surface area is 162 Å². The molecular formula is C16H32IN5O2. The van der Waals surface area contributed by atoms with Crippen molar-refractivity contribution < 1.29 is 9.59 Å². The van der Waals surface area contributed by atoms with Crippen LogP contribution in [0.25, 0.3) is 0 Å². The fourth-order valence-electron chi connectivity index (χ4n) is 2.29. The monoisotopic (exact) mass is 453 g/mol. The molecule has 2 N–H and O–H groups in total. The molecule has 7 nitrogen and oxygen atoms in total. The first-order chi connectivity index (χ1) is 10.8. The van der Waals surface area contributed by atoms with Crippen LogP contribution in [0.1, 0.15) is 40.0 Å². The van der Waals surface area contributed by atoms with E-state index < -0.39 is 0 Å². The lowest BCUT2D eigenvalue weighted by Crippen LogP contribution is -2.51. The highest BCUT2D eigenvalue weighted by atomic mass is 127. The average Bonchev–Trinajstić information content (AvgIpc) is 2.52. The molecule has 0 aromatic rings. The summed E-state index contributed by atoms with van der Waals surface area (Å²) in [7, 11) is 3.45. The molecule has 0 saturated carbocycles. The summed E-state index contributed by atoms with van der Waals surface area (Å²) in [5, 5.41) is 6.73. The number of likely N-dealkylation sites (N-methyl/N-ethyl adjacent to an activating group) is 1. The maximum Gasteiger partial charge on any atom is 0.243 e. The second-order valence-corrected chi connectivity index (χ2v) is 6.33. The van der Waals surface area contributed by atoms with Gasteiger partial charge in [-0.2, -0.15) is 0 Å². The summed E-state index contributed by atoms with van der Waals surface area (Å²) >= 11 is 0. The van der Waals surface area contributed by atoms with Gasteiger partial charge >= 0.3 is 0 Å². The summed E-state index contributed by atoms with van der Waals surface area (Å²) in [5.41, 5.74) is 0. The van der Waals surface area contributed by atoms with Gasteiger partial charge in [0.05, 0.1) is 0 Å². The average molecular weight is 453 g/mol. The highest BCUT2D eigenvalue weighted by molar-refractivity contribution is 14.0. The van der Waals surface area contributed by atoms with Crippen molar-refractivity contribution in [3.05, 3.63) is 0 Å². The molecule has 1 aliphatic heterocycles. The number of guanidine groups is 1. The molecule has 0 aromatic carbocycles. The van der Waals surface area contributed by atoms with Crippen LogP contribution in [0.4, 0.5) is 0 Å². The van der Waals surface area contributed by atoms with E-state index in [2.05, 4.69) is 29.5 Å². The van der Waals surface area contributed by atoms with E-state index in [1.807, 2.05) is 4.90 Å². The summed E-state index contributed by atoms with van der Waals surface area (Å²) in [6.45, 7) is 7.46. The van der Waals surface area contributed by atoms with Gasteiger partial charge in [0.1, 0.15) is 6.54 Å². The largest absolute Gasteiger partial charge is 0.354 e. The predicted octanol–water partition coefficient (Wildman–Crippen LogP) is 1.04. The number of aliphatic imine (C=N–C) groups is 1. The van der Waals surface area contributed by atoms with Crippen molar-refractivity contribution in [1.82, 2.24) is 20.4 Å². The van der Waals surface area contributed by atoms with Gasteiger partial charge in [-0.15, -0.1) is 24.0 Å². The lowest BCUT2D eigenvalue weighted by molar-refractivity contribution is -0.130.